The Morgan fingerprint density at radius 2 is 1.76 bits per heavy atom. The first-order valence-corrected chi connectivity index (χ1v) is 7.50. The summed E-state index contributed by atoms with van der Waals surface area (Å²) in [5.74, 6) is -0.559. The lowest BCUT2D eigenvalue weighted by Crippen LogP contribution is -2.40. The van der Waals surface area contributed by atoms with Crippen molar-refractivity contribution in [1.82, 2.24) is 4.90 Å². The van der Waals surface area contributed by atoms with Gasteiger partial charge in [0, 0.05) is 31.7 Å². The van der Waals surface area contributed by atoms with Gasteiger partial charge in [-0.15, -0.1) is 0 Å². The zero-order chi connectivity index (χ0) is 14.8. The number of halogens is 1. The second kappa shape index (κ2) is 5.84. The average molecular weight is 290 g/mol. The maximum atomic E-state index is 13.0. The molecule has 21 heavy (non-hydrogen) atoms. The minimum Gasteiger partial charge on any atom is -0.342 e. The van der Waals surface area contributed by atoms with E-state index in [2.05, 4.69) is 0 Å². The monoisotopic (exact) mass is 290 g/mol. The Kier molecular flexibility index (Phi) is 3.90. The van der Waals surface area contributed by atoms with Crippen molar-refractivity contribution in [1.29, 1.82) is 0 Å². The van der Waals surface area contributed by atoms with E-state index in [1.54, 1.807) is 17.0 Å². The van der Waals surface area contributed by atoms with Crippen molar-refractivity contribution >= 4 is 17.5 Å². The van der Waals surface area contributed by atoms with Crippen LogP contribution in [0, 0.1) is 11.7 Å². The van der Waals surface area contributed by atoms with Crippen LogP contribution in [0.5, 0.6) is 0 Å². The number of anilines is 1. The van der Waals surface area contributed by atoms with Crippen molar-refractivity contribution in [2.24, 2.45) is 5.92 Å². The lowest BCUT2D eigenvalue weighted by molar-refractivity contribution is -0.136. The number of hydrogen-bond donors (Lipinski definition) is 0. The molecule has 0 bridgehead atoms. The first-order chi connectivity index (χ1) is 10.1. The van der Waals surface area contributed by atoms with E-state index in [1.807, 2.05) is 4.90 Å². The Bertz CT molecular complexity index is 538. The first-order valence-electron chi connectivity index (χ1n) is 7.50. The van der Waals surface area contributed by atoms with Crippen LogP contribution in [-0.4, -0.2) is 36.3 Å². The Labute approximate surface area is 123 Å². The topological polar surface area (TPSA) is 40.6 Å². The summed E-state index contributed by atoms with van der Waals surface area (Å²) in [6.07, 6.45) is 3.53. The van der Waals surface area contributed by atoms with E-state index >= 15 is 0 Å². The number of carbonyl (C=O) groups excluding carboxylic acids is 2. The molecule has 0 radical (unpaired) electrons. The Hall–Kier alpha value is -1.91. The summed E-state index contributed by atoms with van der Waals surface area (Å²) in [6.45, 7) is 2.01. The van der Waals surface area contributed by atoms with Gasteiger partial charge in [-0.2, -0.15) is 0 Å². The third kappa shape index (κ3) is 2.91. The van der Waals surface area contributed by atoms with E-state index in [4.69, 9.17) is 0 Å². The van der Waals surface area contributed by atoms with Crippen molar-refractivity contribution in [2.75, 3.05) is 24.5 Å². The van der Waals surface area contributed by atoms with Crippen LogP contribution in [0.3, 0.4) is 0 Å². The largest absolute Gasteiger partial charge is 0.342 e. The van der Waals surface area contributed by atoms with Gasteiger partial charge in [0.25, 0.3) is 0 Å². The van der Waals surface area contributed by atoms with Crippen molar-refractivity contribution in [3.05, 3.63) is 30.1 Å². The minimum absolute atomic E-state index is 0.0584. The number of nitrogens with zero attached hydrogens (tertiary/aromatic N) is 2. The quantitative estimate of drug-likeness (QED) is 0.837. The molecule has 0 unspecified atom stereocenters. The Morgan fingerprint density at radius 1 is 1.10 bits per heavy atom. The minimum atomic E-state index is -0.327. The molecule has 2 heterocycles. The fourth-order valence-electron chi connectivity index (χ4n) is 3.12. The summed E-state index contributed by atoms with van der Waals surface area (Å²) in [5, 5.41) is 0. The summed E-state index contributed by atoms with van der Waals surface area (Å²) >= 11 is 0. The zero-order valence-corrected chi connectivity index (χ0v) is 11.9. The second-order valence-electron chi connectivity index (χ2n) is 5.77. The van der Waals surface area contributed by atoms with E-state index in [0.29, 0.717) is 12.2 Å². The van der Waals surface area contributed by atoms with Gasteiger partial charge in [-0.1, -0.05) is 0 Å². The molecular weight excluding hydrogens is 271 g/mol. The molecule has 1 atom stereocenters. The summed E-state index contributed by atoms with van der Waals surface area (Å²) in [5.41, 5.74) is 0.662. The van der Waals surface area contributed by atoms with Gasteiger partial charge in [0.1, 0.15) is 5.82 Å². The second-order valence-corrected chi connectivity index (χ2v) is 5.77. The molecule has 112 valence electrons. The molecule has 2 aliphatic heterocycles. The van der Waals surface area contributed by atoms with Crippen LogP contribution in [0.2, 0.25) is 0 Å². The molecule has 0 saturated carbocycles. The van der Waals surface area contributed by atoms with E-state index in [0.717, 1.165) is 25.9 Å². The molecule has 2 amide bonds. The highest BCUT2D eigenvalue weighted by Crippen LogP contribution is 2.27. The van der Waals surface area contributed by atoms with Crippen LogP contribution in [-0.2, 0) is 9.59 Å². The molecule has 0 aromatic heterocycles. The number of benzene rings is 1. The number of carbonyl (C=O) groups is 2. The Morgan fingerprint density at radius 3 is 2.43 bits per heavy atom. The summed E-state index contributed by atoms with van der Waals surface area (Å²) in [6, 6.07) is 5.84. The number of piperidine rings is 1. The van der Waals surface area contributed by atoms with Gasteiger partial charge in [-0.3, -0.25) is 9.59 Å². The summed E-state index contributed by atoms with van der Waals surface area (Å²) in [4.78, 5) is 28.1. The highest BCUT2D eigenvalue weighted by molar-refractivity contribution is 6.00. The normalized spacial score (nSPS) is 22.7. The number of amides is 2. The van der Waals surface area contributed by atoms with Gasteiger partial charge in [0.15, 0.2) is 0 Å². The number of rotatable bonds is 2. The lowest BCUT2D eigenvalue weighted by atomic mass is 10.0. The van der Waals surface area contributed by atoms with Gasteiger partial charge in [-0.25, -0.2) is 4.39 Å². The molecule has 1 aromatic carbocycles. The predicted molar refractivity (Wildman–Crippen MR) is 77.3 cm³/mol. The molecule has 0 aliphatic carbocycles. The van der Waals surface area contributed by atoms with Crippen molar-refractivity contribution in [3.63, 3.8) is 0 Å². The fraction of sp³-hybridized carbons (Fsp3) is 0.500. The highest BCUT2D eigenvalue weighted by Gasteiger charge is 2.37. The van der Waals surface area contributed by atoms with E-state index in [9.17, 15) is 14.0 Å². The van der Waals surface area contributed by atoms with Crippen LogP contribution in [0.1, 0.15) is 25.7 Å². The molecule has 0 N–H and O–H groups in total. The molecule has 5 heteroatoms. The predicted octanol–water partition coefficient (Wildman–Crippen LogP) is 2.19. The van der Waals surface area contributed by atoms with Gasteiger partial charge in [0.2, 0.25) is 11.8 Å². The van der Waals surface area contributed by atoms with Crippen LogP contribution in [0.25, 0.3) is 0 Å². The molecule has 1 aromatic rings. The van der Waals surface area contributed by atoms with Crippen LogP contribution in [0.15, 0.2) is 24.3 Å². The number of likely N-dealkylation sites (tertiary alicyclic amines) is 1. The van der Waals surface area contributed by atoms with Crippen LogP contribution >= 0.6 is 0 Å². The van der Waals surface area contributed by atoms with Gasteiger partial charge in [-0.05, 0) is 43.5 Å². The SMILES string of the molecule is O=C([C@H]1CC(=O)N(c2ccc(F)cc2)C1)N1CCCCC1. The fourth-order valence-corrected chi connectivity index (χ4v) is 3.12. The van der Waals surface area contributed by atoms with Gasteiger partial charge < -0.3 is 9.80 Å². The summed E-state index contributed by atoms with van der Waals surface area (Å²) in [7, 11) is 0. The van der Waals surface area contributed by atoms with E-state index in [1.165, 1.54) is 18.6 Å². The van der Waals surface area contributed by atoms with Crippen molar-refractivity contribution in [3.8, 4) is 0 Å². The average Bonchev–Trinajstić information content (AvgIpc) is 2.90. The zero-order valence-electron chi connectivity index (χ0n) is 11.9. The molecular formula is C16H19FN2O2. The molecule has 3 rings (SSSR count). The third-order valence-electron chi connectivity index (χ3n) is 4.28. The molecule has 2 fully saturated rings. The lowest BCUT2D eigenvalue weighted by Gasteiger charge is -2.29. The Balaban J connectivity index is 1.69. The number of hydrogen-bond acceptors (Lipinski definition) is 2. The standard InChI is InChI=1S/C16H19FN2O2/c17-13-4-6-14(7-5-13)19-11-12(10-15(19)20)16(21)18-8-2-1-3-9-18/h4-7,12H,1-3,8-11H2/t12-/m0/s1. The first kappa shape index (κ1) is 14.0. The molecule has 2 aliphatic rings. The maximum Gasteiger partial charge on any atom is 0.228 e. The van der Waals surface area contributed by atoms with E-state index < -0.39 is 0 Å². The van der Waals surface area contributed by atoms with Gasteiger partial charge >= 0.3 is 0 Å². The van der Waals surface area contributed by atoms with Crippen molar-refractivity contribution < 1.29 is 14.0 Å². The molecule has 2 saturated heterocycles. The van der Waals surface area contributed by atoms with E-state index in [-0.39, 0.29) is 30.0 Å². The van der Waals surface area contributed by atoms with Crippen LogP contribution < -0.4 is 4.90 Å². The molecule has 0 spiro atoms. The maximum absolute atomic E-state index is 13.0. The third-order valence-corrected chi connectivity index (χ3v) is 4.28. The summed E-state index contributed by atoms with van der Waals surface area (Å²) < 4.78 is 13.0. The van der Waals surface area contributed by atoms with Crippen LogP contribution in [0.4, 0.5) is 10.1 Å². The van der Waals surface area contributed by atoms with Crippen molar-refractivity contribution in [2.45, 2.75) is 25.7 Å². The van der Waals surface area contributed by atoms with Gasteiger partial charge in [0.05, 0.1) is 5.92 Å². The highest BCUT2D eigenvalue weighted by atomic mass is 19.1. The smallest absolute Gasteiger partial charge is 0.228 e. The molecule has 4 nitrogen and oxygen atoms in total.